The molecule has 0 amide bonds. The first-order valence-electron chi connectivity index (χ1n) is 19.1. The molecule has 4 heteroatoms. The summed E-state index contributed by atoms with van der Waals surface area (Å²) in [5.74, 6) is 1.12. The van der Waals surface area contributed by atoms with Gasteiger partial charge in [-0.1, -0.05) is 153 Å². The third-order valence-corrected chi connectivity index (χ3v) is 17.8. The molecule has 6 aromatic carbocycles. The van der Waals surface area contributed by atoms with Gasteiger partial charge in [-0.15, -0.1) is 0 Å². The maximum absolute atomic E-state index is 5.08. The summed E-state index contributed by atoms with van der Waals surface area (Å²) in [5, 5.41) is 8.02. The van der Waals surface area contributed by atoms with Crippen LogP contribution in [0.1, 0.15) is 45.1 Å². The molecule has 3 heterocycles. The van der Waals surface area contributed by atoms with E-state index in [1.54, 1.807) is 0 Å². The van der Waals surface area contributed by atoms with Gasteiger partial charge in [0, 0.05) is 39.3 Å². The smallest absolute Gasteiger partial charge is 0.181 e. The highest BCUT2D eigenvalue weighted by Crippen LogP contribution is 2.60. The minimum Gasteiger partial charge on any atom is -0.319 e. The zero-order chi connectivity index (χ0) is 35.6. The van der Waals surface area contributed by atoms with Crippen LogP contribution in [0.2, 0.25) is 0 Å². The highest BCUT2D eigenvalue weighted by molar-refractivity contribution is 7.20. The molecule has 258 valence electrons. The van der Waals surface area contributed by atoms with Gasteiger partial charge in [-0.2, -0.15) is 0 Å². The van der Waals surface area contributed by atoms with Gasteiger partial charge in [0.25, 0.3) is 0 Å². The van der Waals surface area contributed by atoms with Crippen LogP contribution in [0.15, 0.2) is 176 Å². The van der Waals surface area contributed by atoms with Crippen LogP contribution in [-0.4, -0.2) is 23.2 Å². The number of hydrogen-bond acceptors (Lipinski definition) is 2. The number of hydrogen-bond donors (Lipinski definition) is 0. The molecule has 8 aromatic rings. The van der Waals surface area contributed by atoms with E-state index < -0.39 is 8.07 Å². The Bertz CT molecular complexity index is 2520. The molecule has 0 saturated heterocycles. The Kier molecular flexibility index (Phi) is 7.35. The molecule has 53 heavy (non-hydrogen) atoms. The van der Waals surface area contributed by atoms with E-state index in [0.29, 0.717) is 0 Å². The van der Waals surface area contributed by atoms with Crippen LogP contribution >= 0.6 is 0 Å². The molecule has 3 nitrogen and oxygen atoms in total. The molecule has 2 unspecified atom stereocenters. The Labute approximate surface area is 313 Å². The predicted octanol–water partition coefficient (Wildman–Crippen LogP) is 9.30. The predicted molar refractivity (Wildman–Crippen MR) is 225 cm³/mol. The van der Waals surface area contributed by atoms with Crippen LogP contribution in [0.5, 0.6) is 0 Å². The Morgan fingerprint density at radius 3 is 1.83 bits per heavy atom. The first kappa shape index (κ1) is 32.0. The average molecular weight is 702 g/mol. The lowest BCUT2D eigenvalue weighted by molar-refractivity contribution is 0.195. The maximum atomic E-state index is 5.08. The first-order valence-corrected chi connectivity index (χ1v) is 21.1. The molecule has 0 spiro atoms. The Hall–Kier alpha value is -5.71. The second kappa shape index (κ2) is 12.2. The molecule has 2 aromatic heterocycles. The third-order valence-electron chi connectivity index (χ3n) is 12.9. The van der Waals surface area contributed by atoms with Crippen molar-refractivity contribution in [2.45, 2.75) is 50.5 Å². The van der Waals surface area contributed by atoms with E-state index in [4.69, 9.17) is 4.98 Å². The number of para-hydroxylation sites is 2. The summed E-state index contributed by atoms with van der Waals surface area (Å²) in [4.78, 5) is 7.67. The average Bonchev–Trinajstić information content (AvgIpc) is 3.65. The number of pyridine rings is 1. The normalized spacial score (nSPS) is 19.7. The molecule has 1 saturated carbocycles. The molecular formula is C49H43N3Si. The zero-order valence-corrected chi connectivity index (χ0v) is 31.4. The lowest BCUT2D eigenvalue weighted by atomic mass is 9.61. The van der Waals surface area contributed by atoms with E-state index in [1.165, 1.54) is 78.8 Å². The fourth-order valence-electron chi connectivity index (χ4n) is 10.3. The highest BCUT2D eigenvalue weighted by Gasteiger charge is 2.58. The lowest BCUT2D eigenvalue weighted by Crippen LogP contribution is -2.75. The number of rotatable bonds is 6. The SMILES string of the molecule is CC12CCCCC1(C)N(c1ccc3c(c1)c1ccccc1n3-c1ccccc1[Si](c1ccccc1)(c1ccccc1)c1ccccc1)c1ncccc12. The van der Waals surface area contributed by atoms with Crippen LogP contribution in [0.3, 0.4) is 0 Å². The molecule has 1 aliphatic heterocycles. The van der Waals surface area contributed by atoms with Crippen molar-refractivity contribution in [2.75, 3.05) is 4.90 Å². The van der Waals surface area contributed by atoms with Gasteiger partial charge in [0.1, 0.15) is 5.82 Å². The highest BCUT2D eigenvalue weighted by atomic mass is 28.3. The fourth-order valence-corrected chi connectivity index (χ4v) is 15.2. The Morgan fingerprint density at radius 2 is 1.13 bits per heavy atom. The zero-order valence-electron chi connectivity index (χ0n) is 30.4. The molecule has 1 aliphatic carbocycles. The topological polar surface area (TPSA) is 21.1 Å². The van der Waals surface area contributed by atoms with Gasteiger partial charge in [0.2, 0.25) is 0 Å². The molecular weight excluding hydrogens is 659 g/mol. The van der Waals surface area contributed by atoms with Gasteiger partial charge < -0.3 is 9.47 Å². The van der Waals surface area contributed by atoms with E-state index in [1.807, 2.05) is 6.20 Å². The van der Waals surface area contributed by atoms with Crippen molar-refractivity contribution in [3.63, 3.8) is 0 Å². The van der Waals surface area contributed by atoms with E-state index in [2.05, 4.69) is 193 Å². The lowest BCUT2D eigenvalue weighted by Gasteiger charge is -2.50. The van der Waals surface area contributed by atoms with Crippen molar-refractivity contribution in [2.24, 2.45) is 0 Å². The summed E-state index contributed by atoms with van der Waals surface area (Å²) in [6.07, 6.45) is 6.81. The van der Waals surface area contributed by atoms with Crippen LogP contribution in [0.25, 0.3) is 27.5 Å². The van der Waals surface area contributed by atoms with Gasteiger partial charge in [-0.3, -0.25) is 0 Å². The van der Waals surface area contributed by atoms with Crippen molar-refractivity contribution >= 4 is 62.1 Å². The van der Waals surface area contributed by atoms with Crippen LogP contribution in [0, 0.1) is 0 Å². The summed E-state index contributed by atoms with van der Waals surface area (Å²) in [7, 11) is -2.82. The minimum absolute atomic E-state index is 0.0488. The number of nitrogens with zero attached hydrogens (tertiary/aromatic N) is 3. The van der Waals surface area contributed by atoms with E-state index in [0.717, 1.165) is 12.2 Å². The summed E-state index contributed by atoms with van der Waals surface area (Å²) >= 11 is 0. The molecule has 10 rings (SSSR count). The third kappa shape index (κ3) is 4.48. The number of aromatic nitrogens is 2. The van der Waals surface area contributed by atoms with Gasteiger partial charge >= 0.3 is 0 Å². The van der Waals surface area contributed by atoms with Crippen molar-refractivity contribution in [1.82, 2.24) is 9.55 Å². The van der Waals surface area contributed by atoms with E-state index >= 15 is 0 Å². The summed E-state index contributed by atoms with van der Waals surface area (Å²) in [6, 6.07) is 63.6. The molecule has 0 radical (unpaired) electrons. The van der Waals surface area contributed by atoms with Crippen molar-refractivity contribution in [1.29, 1.82) is 0 Å². The standard InChI is InChI=1S/C49H43N3Si/c1-48-32-16-17-33-49(48,2)52(47-42(48)26-18-34-50-47)36-30-31-44-41(35-36)40-25-12-13-27-43(40)51(44)45-28-14-15-29-46(45)53(37-19-6-3-7-20-37,38-21-8-4-9-22-38)39-23-10-5-11-24-39/h3-15,18-31,34-35H,16-17,32-33H2,1-2H3. The van der Waals surface area contributed by atoms with Crippen LogP contribution in [-0.2, 0) is 5.41 Å². The summed E-state index contributed by atoms with van der Waals surface area (Å²) < 4.78 is 2.54. The van der Waals surface area contributed by atoms with Gasteiger partial charge in [0.15, 0.2) is 8.07 Å². The van der Waals surface area contributed by atoms with E-state index in [-0.39, 0.29) is 11.0 Å². The van der Waals surface area contributed by atoms with Gasteiger partial charge in [0.05, 0.1) is 16.6 Å². The molecule has 0 bridgehead atoms. The number of benzene rings is 6. The van der Waals surface area contributed by atoms with Crippen LogP contribution in [0.4, 0.5) is 11.5 Å². The van der Waals surface area contributed by atoms with Crippen molar-refractivity contribution in [3.8, 4) is 5.69 Å². The first-order chi connectivity index (χ1) is 26.1. The van der Waals surface area contributed by atoms with E-state index in [9.17, 15) is 0 Å². The van der Waals surface area contributed by atoms with Crippen LogP contribution < -0.4 is 25.6 Å². The fraction of sp³-hybridized carbons (Fsp3) is 0.163. The monoisotopic (exact) mass is 701 g/mol. The van der Waals surface area contributed by atoms with Gasteiger partial charge in [-0.25, -0.2) is 4.98 Å². The molecule has 2 atom stereocenters. The number of fused-ring (bicyclic) bond motifs is 6. The Morgan fingerprint density at radius 1 is 0.547 bits per heavy atom. The van der Waals surface area contributed by atoms with Gasteiger partial charge in [-0.05, 0) is 76.9 Å². The second-order valence-electron chi connectivity index (χ2n) is 15.4. The minimum atomic E-state index is -2.82. The number of anilines is 2. The Balaban J connectivity index is 1.25. The molecule has 2 aliphatic rings. The molecule has 0 N–H and O–H groups in total. The summed E-state index contributed by atoms with van der Waals surface area (Å²) in [6.45, 7) is 4.97. The quantitative estimate of drug-likeness (QED) is 0.127. The molecule has 1 fully saturated rings. The van der Waals surface area contributed by atoms with Crippen molar-refractivity contribution < 1.29 is 0 Å². The second-order valence-corrected chi connectivity index (χ2v) is 19.2. The maximum Gasteiger partial charge on any atom is 0.181 e. The van der Waals surface area contributed by atoms with Crippen molar-refractivity contribution in [3.05, 3.63) is 182 Å². The summed E-state index contributed by atoms with van der Waals surface area (Å²) in [5.41, 5.74) is 6.29. The largest absolute Gasteiger partial charge is 0.319 e.